The van der Waals surface area contributed by atoms with Gasteiger partial charge >= 0.3 is 0 Å². The zero-order chi connectivity index (χ0) is 19.1. The van der Waals surface area contributed by atoms with E-state index in [4.69, 9.17) is 4.74 Å². The molecule has 1 heterocycles. The highest BCUT2D eigenvalue weighted by molar-refractivity contribution is 6.06. The molecule has 140 valence electrons. The first-order valence-electron chi connectivity index (χ1n) is 9.58. The first kappa shape index (κ1) is 16.9. The first-order chi connectivity index (χ1) is 13.7. The summed E-state index contributed by atoms with van der Waals surface area (Å²) in [5, 5.41) is 5.32. The number of allylic oxidation sites excluding steroid dienone is 2. The molecule has 0 radical (unpaired) electrons. The lowest BCUT2D eigenvalue weighted by molar-refractivity contribution is -0.140. The summed E-state index contributed by atoms with van der Waals surface area (Å²) < 4.78 is 5.92. The van der Waals surface area contributed by atoms with Gasteiger partial charge in [-0.25, -0.2) is 0 Å². The van der Waals surface area contributed by atoms with Crippen molar-refractivity contribution in [2.24, 2.45) is 28.8 Å². The smallest absolute Gasteiger partial charge is 0.254 e. The second-order valence-electron chi connectivity index (χ2n) is 7.54. The van der Waals surface area contributed by atoms with Crippen molar-refractivity contribution in [2.75, 3.05) is 0 Å². The molecule has 5 nitrogen and oxygen atoms in total. The van der Waals surface area contributed by atoms with Crippen LogP contribution in [-0.4, -0.2) is 23.0 Å². The lowest BCUT2D eigenvalue weighted by Crippen LogP contribution is -2.28. The number of amides is 2. The van der Waals surface area contributed by atoms with Crippen molar-refractivity contribution in [2.45, 2.75) is 13.0 Å². The van der Waals surface area contributed by atoms with Gasteiger partial charge in [-0.1, -0.05) is 54.6 Å². The number of benzene rings is 2. The largest absolute Gasteiger partial charge is 0.488 e. The van der Waals surface area contributed by atoms with Gasteiger partial charge in [-0.3, -0.25) is 9.59 Å². The zero-order valence-corrected chi connectivity index (χ0v) is 15.3. The molecule has 1 saturated heterocycles. The number of imide groups is 1. The SMILES string of the molecule is O=C1[C@@H]2[C@H](C(=O)N1/N=C\c1ccccc1OCc1ccccc1)[C@@H]1C=C[C@@H]2C1. The minimum Gasteiger partial charge on any atom is -0.488 e. The van der Waals surface area contributed by atoms with Gasteiger partial charge in [-0.15, -0.1) is 0 Å². The maximum Gasteiger partial charge on any atom is 0.254 e. The molecular formula is C23H20N2O3. The molecule has 1 saturated carbocycles. The van der Waals surface area contributed by atoms with Gasteiger partial charge in [-0.05, 0) is 36.0 Å². The van der Waals surface area contributed by atoms with E-state index >= 15 is 0 Å². The van der Waals surface area contributed by atoms with E-state index in [0.717, 1.165) is 22.6 Å². The molecule has 1 aliphatic heterocycles. The molecule has 2 bridgehead atoms. The Hall–Kier alpha value is -3.21. The third-order valence-corrected chi connectivity index (χ3v) is 5.92. The van der Waals surface area contributed by atoms with Crippen molar-refractivity contribution in [3.63, 3.8) is 0 Å². The lowest BCUT2D eigenvalue weighted by atomic mass is 9.85. The van der Waals surface area contributed by atoms with Crippen molar-refractivity contribution >= 4 is 18.0 Å². The Morgan fingerprint density at radius 3 is 2.29 bits per heavy atom. The van der Waals surface area contributed by atoms with Crippen molar-refractivity contribution in [1.29, 1.82) is 0 Å². The predicted molar refractivity (Wildman–Crippen MR) is 104 cm³/mol. The summed E-state index contributed by atoms with van der Waals surface area (Å²) in [5.74, 6) is 0.224. The van der Waals surface area contributed by atoms with Gasteiger partial charge in [0.05, 0.1) is 18.1 Å². The number of fused-ring (bicyclic) bond motifs is 5. The number of para-hydroxylation sites is 1. The van der Waals surface area contributed by atoms with E-state index < -0.39 is 0 Å². The molecule has 4 atom stereocenters. The third kappa shape index (κ3) is 2.74. The highest BCUT2D eigenvalue weighted by Crippen LogP contribution is 2.52. The minimum absolute atomic E-state index is 0.175. The van der Waals surface area contributed by atoms with Gasteiger partial charge in [0.2, 0.25) is 0 Å². The van der Waals surface area contributed by atoms with Gasteiger partial charge in [0.15, 0.2) is 0 Å². The second-order valence-corrected chi connectivity index (χ2v) is 7.54. The number of hydrazone groups is 1. The van der Waals surface area contributed by atoms with Gasteiger partial charge in [-0.2, -0.15) is 10.1 Å². The van der Waals surface area contributed by atoms with E-state index in [1.165, 1.54) is 0 Å². The Kier molecular flexibility index (Phi) is 4.08. The van der Waals surface area contributed by atoms with Gasteiger partial charge in [0.1, 0.15) is 12.4 Å². The van der Waals surface area contributed by atoms with Crippen LogP contribution in [0.25, 0.3) is 0 Å². The monoisotopic (exact) mass is 372 g/mol. The summed E-state index contributed by atoms with van der Waals surface area (Å²) in [7, 11) is 0. The molecule has 0 aromatic heterocycles. The fraction of sp³-hybridized carbons (Fsp3) is 0.261. The Bertz CT molecular complexity index is 952. The van der Waals surface area contributed by atoms with Crippen molar-refractivity contribution < 1.29 is 14.3 Å². The van der Waals surface area contributed by atoms with Crippen molar-refractivity contribution in [3.8, 4) is 5.75 Å². The summed E-state index contributed by atoms with van der Waals surface area (Å²) in [4.78, 5) is 25.5. The topological polar surface area (TPSA) is 59.0 Å². The average Bonchev–Trinajstić information content (AvgIpc) is 3.41. The Morgan fingerprint density at radius 1 is 0.929 bits per heavy atom. The first-order valence-corrected chi connectivity index (χ1v) is 9.58. The average molecular weight is 372 g/mol. The van der Waals surface area contributed by atoms with Gasteiger partial charge < -0.3 is 4.74 Å². The molecule has 0 unspecified atom stereocenters. The number of rotatable bonds is 5. The van der Waals surface area contributed by atoms with Crippen LogP contribution in [0.1, 0.15) is 17.5 Å². The Labute approximate surface area is 163 Å². The molecular weight excluding hydrogens is 352 g/mol. The van der Waals surface area contributed by atoms with Crippen LogP contribution in [0.2, 0.25) is 0 Å². The summed E-state index contributed by atoms with van der Waals surface area (Å²) >= 11 is 0. The highest BCUT2D eigenvalue weighted by Gasteiger charge is 2.59. The van der Waals surface area contributed by atoms with E-state index in [-0.39, 0.29) is 35.5 Å². The summed E-state index contributed by atoms with van der Waals surface area (Å²) in [6, 6.07) is 17.4. The number of hydrogen-bond donors (Lipinski definition) is 0. The van der Waals surface area contributed by atoms with Crippen LogP contribution < -0.4 is 4.74 Å². The van der Waals surface area contributed by atoms with Crippen LogP contribution in [0.4, 0.5) is 0 Å². The highest BCUT2D eigenvalue weighted by atomic mass is 16.5. The molecule has 28 heavy (non-hydrogen) atoms. The lowest BCUT2D eigenvalue weighted by Gasteiger charge is -2.13. The molecule has 5 rings (SSSR count). The van der Waals surface area contributed by atoms with Crippen LogP contribution in [-0.2, 0) is 16.2 Å². The zero-order valence-electron chi connectivity index (χ0n) is 15.3. The molecule has 2 amide bonds. The molecule has 2 aromatic rings. The summed E-state index contributed by atoms with van der Waals surface area (Å²) in [6.45, 7) is 0.437. The fourth-order valence-corrected chi connectivity index (χ4v) is 4.57. The fourth-order valence-electron chi connectivity index (χ4n) is 4.57. The van der Waals surface area contributed by atoms with Gasteiger partial charge in [0.25, 0.3) is 11.8 Å². The Morgan fingerprint density at radius 2 is 1.57 bits per heavy atom. The van der Waals surface area contributed by atoms with Crippen molar-refractivity contribution in [1.82, 2.24) is 5.01 Å². The second kappa shape index (κ2) is 6.75. The summed E-state index contributed by atoms with van der Waals surface area (Å²) in [5.41, 5.74) is 1.80. The number of hydrogen-bond acceptors (Lipinski definition) is 4. The number of nitrogens with zero attached hydrogens (tertiary/aromatic N) is 2. The standard InChI is InChI=1S/C23H20N2O3/c26-22-20-16-10-11-17(12-16)21(20)23(27)25(22)24-13-18-8-4-5-9-19(18)28-14-15-6-2-1-3-7-15/h1-11,13,16-17,20-21H,12,14H2/b24-13-/t16-,17-,20-,21+/m1/s1. The molecule has 2 aromatic carbocycles. The summed E-state index contributed by atoms with van der Waals surface area (Å²) in [6.07, 6.45) is 6.63. The predicted octanol–water partition coefficient (Wildman–Crippen LogP) is 3.41. The molecule has 2 aliphatic carbocycles. The van der Waals surface area contributed by atoms with Crippen LogP contribution in [0.5, 0.6) is 5.75 Å². The number of ether oxygens (including phenoxy) is 1. The van der Waals surface area contributed by atoms with Crippen LogP contribution in [0.15, 0.2) is 71.9 Å². The van der Waals surface area contributed by atoms with Crippen LogP contribution >= 0.6 is 0 Å². The maximum atomic E-state index is 12.7. The van der Waals surface area contributed by atoms with Gasteiger partial charge in [0, 0.05) is 5.56 Å². The van der Waals surface area contributed by atoms with Crippen LogP contribution in [0.3, 0.4) is 0 Å². The minimum atomic E-state index is -0.232. The van der Waals surface area contributed by atoms with Crippen LogP contribution in [0, 0.1) is 23.7 Å². The maximum absolute atomic E-state index is 12.7. The van der Waals surface area contributed by atoms with E-state index in [1.54, 1.807) is 6.21 Å². The third-order valence-electron chi connectivity index (χ3n) is 5.92. The Balaban J connectivity index is 1.33. The number of carbonyl (C=O) groups excluding carboxylic acids is 2. The molecule has 0 spiro atoms. The normalized spacial score (nSPS) is 27.8. The molecule has 0 N–H and O–H groups in total. The molecule has 5 heteroatoms. The van der Waals surface area contributed by atoms with Crippen molar-refractivity contribution in [3.05, 3.63) is 77.9 Å². The van der Waals surface area contributed by atoms with E-state index in [1.807, 2.05) is 54.6 Å². The molecule has 3 aliphatic rings. The van der Waals surface area contributed by atoms with E-state index in [9.17, 15) is 9.59 Å². The number of carbonyl (C=O) groups is 2. The quantitative estimate of drug-likeness (QED) is 0.459. The molecule has 2 fully saturated rings. The van der Waals surface area contributed by atoms with E-state index in [0.29, 0.717) is 12.4 Å². The van der Waals surface area contributed by atoms with E-state index in [2.05, 4.69) is 17.3 Å².